The fourth-order valence-corrected chi connectivity index (χ4v) is 2.67. The number of carbonyl (C=O) groups is 1. The summed E-state index contributed by atoms with van der Waals surface area (Å²) in [4.78, 5) is 17.0. The molecule has 2 amide bonds. The minimum atomic E-state index is -0.180. The van der Waals surface area contributed by atoms with Crippen molar-refractivity contribution in [2.24, 2.45) is 5.41 Å². The van der Waals surface area contributed by atoms with Gasteiger partial charge in [0.05, 0.1) is 23.9 Å². The lowest BCUT2D eigenvalue weighted by Crippen LogP contribution is -2.39. The van der Waals surface area contributed by atoms with Gasteiger partial charge in [0, 0.05) is 16.8 Å². The second-order valence-electron chi connectivity index (χ2n) is 4.94. The molecule has 1 aliphatic carbocycles. The highest BCUT2D eigenvalue weighted by Gasteiger charge is 2.42. The Labute approximate surface area is 111 Å². The minimum absolute atomic E-state index is 0.0473. The number of aromatic nitrogens is 1. The summed E-state index contributed by atoms with van der Waals surface area (Å²) in [5, 5.41) is 15.8. The Kier molecular flexibility index (Phi) is 3.87. The van der Waals surface area contributed by atoms with Gasteiger partial charge in [-0.1, -0.05) is 0 Å². The van der Waals surface area contributed by atoms with Gasteiger partial charge in [-0.25, -0.2) is 9.78 Å². The fourth-order valence-electron chi connectivity index (χ4n) is 1.80. The number of aliphatic hydroxyl groups is 1. The second kappa shape index (κ2) is 5.24. The number of nitrogens with zero attached hydrogens (tertiary/aromatic N) is 1. The zero-order chi connectivity index (χ0) is 13.2. The molecule has 1 aliphatic rings. The molecule has 1 aromatic heterocycles. The molecule has 0 spiro atoms. The molecule has 2 rings (SSSR count). The molecule has 0 radical (unpaired) electrons. The van der Waals surface area contributed by atoms with E-state index < -0.39 is 0 Å². The van der Waals surface area contributed by atoms with E-state index in [4.69, 9.17) is 5.11 Å². The maximum absolute atomic E-state index is 11.6. The molecule has 1 fully saturated rings. The third-order valence-corrected chi connectivity index (χ3v) is 4.40. The summed E-state index contributed by atoms with van der Waals surface area (Å²) < 4.78 is 0. The van der Waals surface area contributed by atoms with Crippen LogP contribution in [0.2, 0.25) is 0 Å². The van der Waals surface area contributed by atoms with Crippen LogP contribution in [0.1, 0.15) is 28.4 Å². The molecule has 18 heavy (non-hydrogen) atoms. The average molecular weight is 269 g/mol. The molecule has 100 valence electrons. The Morgan fingerprint density at radius 1 is 1.44 bits per heavy atom. The van der Waals surface area contributed by atoms with Crippen molar-refractivity contribution in [3.05, 3.63) is 15.6 Å². The lowest BCUT2D eigenvalue weighted by molar-refractivity contribution is 0.203. The monoisotopic (exact) mass is 269 g/mol. The lowest BCUT2D eigenvalue weighted by atomic mass is 10.1. The van der Waals surface area contributed by atoms with E-state index in [1.54, 1.807) is 11.3 Å². The minimum Gasteiger partial charge on any atom is -0.396 e. The Balaban J connectivity index is 1.73. The van der Waals surface area contributed by atoms with Gasteiger partial charge < -0.3 is 15.7 Å². The number of thiazole rings is 1. The van der Waals surface area contributed by atoms with Gasteiger partial charge in [-0.2, -0.15) is 0 Å². The molecule has 0 bridgehead atoms. The predicted octanol–water partition coefficient (Wildman–Crippen LogP) is 1.33. The smallest absolute Gasteiger partial charge is 0.315 e. The zero-order valence-corrected chi connectivity index (χ0v) is 11.6. The van der Waals surface area contributed by atoms with Crippen LogP contribution < -0.4 is 10.6 Å². The van der Waals surface area contributed by atoms with Crippen molar-refractivity contribution < 1.29 is 9.90 Å². The van der Waals surface area contributed by atoms with Gasteiger partial charge in [-0.15, -0.1) is 11.3 Å². The first kappa shape index (κ1) is 13.3. The predicted molar refractivity (Wildman–Crippen MR) is 70.6 cm³/mol. The van der Waals surface area contributed by atoms with Crippen molar-refractivity contribution in [3.8, 4) is 0 Å². The third kappa shape index (κ3) is 3.20. The first-order valence-corrected chi connectivity index (χ1v) is 6.92. The van der Waals surface area contributed by atoms with Gasteiger partial charge in [0.1, 0.15) is 0 Å². The number of amides is 2. The molecule has 0 aliphatic heterocycles. The van der Waals surface area contributed by atoms with Crippen molar-refractivity contribution in [1.29, 1.82) is 0 Å². The van der Waals surface area contributed by atoms with Crippen LogP contribution >= 0.6 is 11.3 Å². The summed E-state index contributed by atoms with van der Waals surface area (Å²) in [5.74, 6) is 0. The van der Waals surface area contributed by atoms with Crippen LogP contribution in [0.4, 0.5) is 4.79 Å². The number of nitrogens with one attached hydrogen (secondary N) is 2. The van der Waals surface area contributed by atoms with Gasteiger partial charge in [-0.3, -0.25) is 0 Å². The van der Waals surface area contributed by atoms with E-state index in [1.807, 2.05) is 13.8 Å². The highest BCUT2D eigenvalue weighted by molar-refractivity contribution is 7.11. The van der Waals surface area contributed by atoms with Crippen molar-refractivity contribution in [1.82, 2.24) is 15.6 Å². The number of rotatable bonds is 5. The van der Waals surface area contributed by atoms with Gasteiger partial charge >= 0.3 is 6.03 Å². The lowest BCUT2D eigenvalue weighted by Gasteiger charge is -2.13. The largest absolute Gasteiger partial charge is 0.396 e. The van der Waals surface area contributed by atoms with Crippen LogP contribution in [0.5, 0.6) is 0 Å². The molecule has 1 aromatic rings. The average Bonchev–Trinajstić information content (AvgIpc) is 3.05. The summed E-state index contributed by atoms with van der Waals surface area (Å²) >= 11 is 1.60. The second-order valence-corrected chi connectivity index (χ2v) is 6.22. The maximum atomic E-state index is 11.6. The van der Waals surface area contributed by atoms with Crippen LogP contribution in [0.15, 0.2) is 0 Å². The number of aliphatic hydroxyl groups excluding tert-OH is 1. The van der Waals surface area contributed by atoms with Crippen LogP contribution in [0, 0.1) is 19.3 Å². The normalized spacial score (nSPS) is 16.4. The molecule has 0 unspecified atom stereocenters. The summed E-state index contributed by atoms with van der Waals surface area (Å²) in [6.07, 6.45) is 1.99. The Bertz CT molecular complexity index is 441. The van der Waals surface area contributed by atoms with Crippen molar-refractivity contribution in [2.75, 3.05) is 13.2 Å². The molecule has 1 saturated carbocycles. The van der Waals surface area contributed by atoms with Crippen LogP contribution in [-0.2, 0) is 6.54 Å². The number of aryl methyl sites for hydroxylation is 2. The summed E-state index contributed by atoms with van der Waals surface area (Å²) in [7, 11) is 0. The van der Waals surface area contributed by atoms with Gasteiger partial charge in [0.2, 0.25) is 0 Å². The van der Waals surface area contributed by atoms with E-state index in [0.717, 1.165) is 28.4 Å². The SMILES string of the molecule is Cc1nc(C)c(CNC(=O)NCC2(CO)CC2)s1. The van der Waals surface area contributed by atoms with Gasteiger partial charge in [-0.05, 0) is 26.7 Å². The van der Waals surface area contributed by atoms with E-state index in [2.05, 4.69) is 15.6 Å². The van der Waals surface area contributed by atoms with Gasteiger partial charge in [0.15, 0.2) is 0 Å². The Hall–Kier alpha value is -1.14. The third-order valence-electron chi connectivity index (χ3n) is 3.33. The topological polar surface area (TPSA) is 74.2 Å². The highest BCUT2D eigenvalue weighted by atomic mass is 32.1. The number of hydrogen-bond donors (Lipinski definition) is 3. The molecule has 3 N–H and O–H groups in total. The number of urea groups is 1. The molecule has 0 aromatic carbocycles. The maximum Gasteiger partial charge on any atom is 0.315 e. The summed E-state index contributed by atoms with van der Waals surface area (Å²) in [6.45, 7) is 5.12. The van der Waals surface area contributed by atoms with E-state index >= 15 is 0 Å². The molecule has 1 heterocycles. The molecule has 0 atom stereocenters. The number of carbonyl (C=O) groups excluding carboxylic acids is 1. The zero-order valence-electron chi connectivity index (χ0n) is 10.7. The van der Waals surface area contributed by atoms with E-state index in [0.29, 0.717) is 13.1 Å². The molecule has 6 heteroatoms. The standard InChI is InChI=1S/C12H19N3O2S/c1-8-10(18-9(2)15-8)5-13-11(17)14-6-12(7-16)3-4-12/h16H,3-7H2,1-2H3,(H2,13,14,17). The van der Waals surface area contributed by atoms with Crippen molar-refractivity contribution >= 4 is 17.4 Å². The Morgan fingerprint density at radius 3 is 2.67 bits per heavy atom. The first-order chi connectivity index (χ1) is 8.54. The summed E-state index contributed by atoms with van der Waals surface area (Å²) in [5.41, 5.74) is 0.931. The van der Waals surface area contributed by atoms with Gasteiger partial charge in [0.25, 0.3) is 0 Å². The van der Waals surface area contributed by atoms with Crippen molar-refractivity contribution in [2.45, 2.75) is 33.2 Å². The van der Waals surface area contributed by atoms with E-state index in [9.17, 15) is 4.79 Å². The summed E-state index contributed by atoms with van der Waals surface area (Å²) in [6, 6.07) is -0.180. The highest BCUT2D eigenvalue weighted by Crippen LogP contribution is 2.44. The number of hydrogen-bond acceptors (Lipinski definition) is 4. The van der Waals surface area contributed by atoms with E-state index in [-0.39, 0.29) is 18.1 Å². The fraction of sp³-hybridized carbons (Fsp3) is 0.667. The van der Waals surface area contributed by atoms with Crippen LogP contribution in [0.25, 0.3) is 0 Å². The quantitative estimate of drug-likeness (QED) is 0.755. The van der Waals surface area contributed by atoms with Crippen LogP contribution in [-0.4, -0.2) is 29.3 Å². The Morgan fingerprint density at radius 2 is 2.17 bits per heavy atom. The molecular weight excluding hydrogens is 250 g/mol. The van der Waals surface area contributed by atoms with E-state index in [1.165, 1.54) is 0 Å². The molecule has 5 nitrogen and oxygen atoms in total. The first-order valence-electron chi connectivity index (χ1n) is 6.10. The molecule has 0 saturated heterocycles. The molecular formula is C12H19N3O2S. The van der Waals surface area contributed by atoms with Crippen LogP contribution in [0.3, 0.4) is 0 Å². The van der Waals surface area contributed by atoms with Crippen molar-refractivity contribution in [3.63, 3.8) is 0 Å².